The number of nitrogens with zero attached hydrogens (tertiary/aromatic N) is 3. The van der Waals surface area contributed by atoms with E-state index in [2.05, 4.69) is 38.1 Å². The van der Waals surface area contributed by atoms with Gasteiger partial charge in [-0.1, -0.05) is 6.07 Å². The molecule has 0 aliphatic heterocycles. The molecule has 0 radical (unpaired) electrons. The molecule has 0 saturated heterocycles. The molecule has 0 bridgehead atoms. The van der Waals surface area contributed by atoms with Gasteiger partial charge in [0, 0.05) is 41.2 Å². The molecule has 8 nitrogen and oxygen atoms in total. The summed E-state index contributed by atoms with van der Waals surface area (Å²) in [6.07, 6.45) is 6.07. The molecule has 0 amide bonds. The summed E-state index contributed by atoms with van der Waals surface area (Å²) >= 11 is 0. The van der Waals surface area contributed by atoms with Crippen LogP contribution >= 0.6 is 0 Å². The Morgan fingerprint density at radius 2 is 1.94 bits per heavy atom. The molecule has 0 aliphatic rings. The van der Waals surface area contributed by atoms with Gasteiger partial charge in [0.15, 0.2) is 0 Å². The molecule has 0 spiro atoms. The third-order valence-electron chi connectivity index (χ3n) is 6.18. The van der Waals surface area contributed by atoms with Crippen molar-refractivity contribution in [1.82, 2.24) is 19.9 Å². The molecule has 2 aromatic carbocycles. The third kappa shape index (κ3) is 4.87. The lowest BCUT2D eigenvalue weighted by atomic mass is 10.1. The average Bonchev–Trinajstić information content (AvgIpc) is 3.41. The van der Waals surface area contributed by atoms with Crippen LogP contribution in [0.3, 0.4) is 0 Å². The van der Waals surface area contributed by atoms with Gasteiger partial charge in [-0.15, -0.1) is 0 Å². The molecule has 8 heteroatoms. The van der Waals surface area contributed by atoms with E-state index >= 15 is 0 Å². The highest BCUT2D eigenvalue weighted by Crippen LogP contribution is 2.26. The molecule has 35 heavy (non-hydrogen) atoms. The zero-order valence-corrected chi connectivity index (χ0v) is 19.8. The van der Waals surface area contributed by atoms with Gasteiger partial charge < -0.3 is 14.7 Å². The number of ether oxygens (including phenoxy) is 1. The van der Waals surface area contributed by atoms with E-state index in [4.69, 9.17) is 4.74 Å². The molecule has 0 atom stereocenters. The summed E-state index contributed by atoms with van der Waals surface area (Å²) in [5.74, 6) is 1.48. The molecule has 5 rings (SSSR count). The maximum absolute atomic E-state index is 11.6. The number of aryl methyl sites for hydroxylation is 3. The first-order valence-corrected chi connectivity index (χ1v) is 11.8. The largest absolute Gasteiger partial charge is 0.494 e. The number of rotatable bonds is 9. The van der Waals surface area contributed by atoms with Gasteiger partial charge in [-0.05, 0) is 79.6 Å². The molecule has 178 valence electrons. The van der Waals surface area contributed by atoms with Crippen LogP contribution in [0.2, 0.25) is 0 Å². The first-order chi connectivity index (χ1) is 17.0. The fourth-order valence-corrected chi connectivity index (χ4v) is 4.54. The summed E-state index contributed by atoms with van der Waals surface area (Å²) in [5.41, 5.74) is 5.80. The second-order valence-electron chi connectivity index (χ2n) is 8.73. The lowest BCUT2D eigenvalue weighted by molar-refractivity contribution is -0.386. The van der Waals surface area contributed by atoms with E-state index < -0.39 is 4.92 Å². The van der Waals surface area contributed by atoms with Crippen LogP contribution in [0.5, 0.6) is 5.75 Å². The second kappa shape index (κ2) is 9.58. The standard InChI is InChI=1S/C27H27N5O3/c1-3-35-21-8-10-24-22(14-21)19(15-28-24)5-4-6-27-29-16-26(32(33)34)25(31-27)13-18-7-9-23-20(12-18)11-17(2)30-23/h7-12,14-16,28,30H,3-6,13H2,1-2H3. The van der Waals surface area contributed by atoms with Crippen molar-refractivity contribution in [2.75, 3.05) is 6.61 Å². The van der Waals surface area contributed by atoms with Crippen molar-refractivity contribution in [3.8, 4) is 5.75 Å². The topological polar surface area (TPSA) is 110 Å². The fourth-order valence-electron chi connectivity index (χ4n) is 4.54. The zero-order valence-electron chi connectivity index (χ0n) is 19.8. The number of benzene rings is 2. The smallest absolute Gasteiger partial charge is 0.309 e. The summed E-state index contributed by atoms with van der Waals surface area (Å²) in [7, 11) is 0. The highest BCUT2D eigenvalue weighted by molar-refractivity contribution is 5.84. The molecule has 0 unspecified atom stereocenters. The molecule has 3 heterocycles. The molecule has 0 saturated carbocycles. The summed E-state index contributed by atoms with van der Waals surface area (Å²) in [6.45, 7) is 4.61. The van der Waals surface area contributed by atoms with Crippen LogP contribution in [-0.4, -0.2) is 31.5 Å². The van der Waals surface area contributed by atoms with Crippen LogP contribution in [0.25, 0.3) is 21.8 Å². The summed E-state index contributed by atoms with van der Waals surface area (Å²) in [4.78, 5) is 26.7. The highest BCUT2D eigenvalue weighted by atomic mass is 16.6. The van der Waals surface area contributed by atoms with Crippen LogP contribution in [-0.2, 0) is 19.3 Å². The van der Waals surface area contributed by atoms with Crippen LogP contribution in [0.4, 0.5) is 5.69 Å². The number of fused-ring (bicyclic) bond motifs is 2. The quantitative estimate of drug-likeness (QED) is 0.209. The van der Waals surface area contributed by atoms with Crippen molar-refractivity contribution >= 4 is 27.5 Å². The molecule has 2 N–H and O–H groups in total. The van der Waals surface area contributed by atoms with Gasteiger partial charge in [-0.2, -0.15) is 0 Å². The van der Waals surface area contributed by atoms with Crippen LogP contribution in [0.15, 0.2) is 54.9 Å². The number of hydrogen-bond acceptors (Lipinski definition) is 5. The molecule has 3 aromatic heterocycles. The Morgan fingerprint density at radius 1 is 1.09 bits per heavy atom. The van der Waals surface area contributed by atoms with Crippen molar-refractivity contribution in [1.29, 1.82) is 0 Å². The zero-order chi connectivity index (χ0) is 24.4. The van der Waals surface area contributed by atoms with E-state index in [0.29, 0.717) is 31.0 Å². The lowest BCUT2D eigenvalue weighted by Crippen LogP contribution is -2.05. The Bertz CT molecular complexity index is 1520. The van der Waals surface area contributed by atoms with E-state index in [-0.39, 0.29) is 5.69 Å². The number of H-pyrrole nitrogens is 2. The monoisotopic (exact) mass is 469 g/mol. The number of nitrogens with one attached hydrogen (secondary N) is 2. The summed E-state index contributed by atoms with van der Waals surface area (Å²) in [6, 6.07) is 14.2. The van der Waals surface area contributed by atoms with Crippen LogP contribution in [0, 0.1) is 17.0 Å². The molecular weight excluding hydrogens is 442 g/mol. The van der Waals surface area contributed by atoms with Crippen molar-refractivity contribution < 1.29 is 9.66 Å². The lowest BCUT2D eigenvalue weighted by Gasteiger charge is -2.07. The maximum atomic E-state index is 11.6. The predicted octanol–water partition coefficient (Wildman–Crippen LogP) is 5.82. The van der Waals surface area contributed by atoms with E-state index in [1.165, 1.54) is 11.8 Å². The number of hydrogen-bond donors (Lipinski definition) is 2. The number of aromatic nitrogens is 4. The predicted molar refractivity (Wildman–Crippen MR) is 136 cm³/mol. The Labute approximate surface area is 202 Å². The molecule has 0 aliphatic carbocycles. The Kier molecular flexibility index (Phi) is 6.18. The van der Waals surface area contributed by atoms with Gasteiger partial charge in [-0.25, -0.2) is 9.97 Å². The van der Waals surface area contributed by atoms with Crippen molar-refractivity contribution in [2.24, 2.45) is 0 Å². The van der Waals surface area contributed by atoms with Gasteiger partial charge in [-0.3, -0.25) is 10.1 Å². The van der Waals surface area contributed by atoms with Crippen molar-refractivity contribution in [3.63, 3.8) is 0 Å². The van der Waals surface area contributed by atoms with Crippen molar-refractivity contribution in [2.45, 2.75) is 39.5 Å². The Morgan fingerprint density at radius 3 is 2.77 bits per heavy atom. The molecular formula is C27H27N5O3. The van der Waals surface area contributed by atoms with E-state index in [0.717, 1.165) is 51.7 Å². The molecule has 0 fully saturated rings. The SMILES string of the molecule is CCOc1ccc2[nH]cc(CCCc3ncc([N+](=O)[O-])c(Cc4ccc5[nH]c(C)cc5c4)n3)c2c1. The minimum atomic E-state index is -0.403. The van der Waals surface area contributed by atoms with E-state index in [1.807, 2.05) is 44.3 Å². The normalized spacial score (nSPS) is 11.4. The van der Waals surface area contributed by atoms with Gasteiger partial charge in [0.2, 0.25) is 0 Å². The summed E-state index contributed by atoms with van der Waals surface area (Å²) in [5, 5.41) is 13.8. The van der Waals surface area contributed by atoms with Gasteiger partial charge >= 0.3 is 5.69 Å². The number of nitro groups is 1. The Balaban J connectivity index is 1.32. The molecule has 5 aromatic rings. The third-order valence-corrected chi connectivity index (χ3v) is 6.18. The number of aromatic amines is 2. The minimum Gasteiger partial charge on any atom is -0.494 e. The first kappa shape index (κ1) is 22.6. The van der Waals surface area contributed by atoms with E-state index in [9.17, 15) is 10.1 Å². The second-order valence-corrected chi connectivity index (χ2v) is 8.73. The van der Waals surface area contributed by atoms with E-state index in [1.54, 1.807) is 0 Å². The summed E-state index contributed by atoms with van der Waals surface area (Å²) < 4.78 is 5.64. The van der Waals surface area contributed by atoms with Gasteiger partial charge in [0.1, 0.15) is 23.5 Å². The highest BCUT2D eigenvalue weighted by Gasteiger charge is 2.18. The van der Waals surface area contributed by atoms with Gasteiger partial charge in [0.25, 0.3) is 0 Å². The van der Waals surface area contributed by atoms with Crippen LogP contribution < -0.4 is 4.74 Å². The Hall–Kier alpha value is -4.20. The first-order valence-electron chi connectivity index (χ1n) is 11.8. The van der Waals surface area contributed by atoms with Crippen molar-refractivity contribution in [3.05, 3.63) is 93.3 Å². The van der Waals surface area contributed by atoms with Gasteiger partial charge in [0.05, 0.1) is 11.5 Å². The van der Waals surface area contributed by atoms with Crippen LogP contribution in [0.1, 0.15) is 41.7 Å². The maximum Gasteiger partial charge on any atom is 0.309 e. The fraction of sp³-hybridized carbons (Fsp3) is 0.259. The minimum absolute atomic E-state index is 0.0424. The average molecular weight is 470 g/mol.